The van der Waals surface area contributed by atoms with Crippen molar-refractivity contribution in [2.75, 3.05) is 25.5 Å². The van der Waals surface area contributed by atoms with Crippen LogP contribution in [-0.4, -0.2) is 42.0 Å². The van der Waals surface area contributed by atoms with Crippen LogP contribution in [0.3, 0.4) is 0 Å². The van der Waals surface area contributed by atoms with E-state index < -0.39 is 0 Å². The molecule has 0 spiro atoms. The number of likely N-dealkylation sites (N-methyl/N-ethyl adjacent to an activating group) is 1. The highest BCUT2D eigenvalue weighted by Gasteiger charge is 2.19. The largest absolute Gasteiger partial charge is 0.315 e. The van der Waals surface area contributed by atoms with Crippen molar-refractivity contribution in [2.24, 2.45) is 0 Å². The van der Waals surface area contributed by atoms with E-state index in [1.54, 1.807) is 0 Å². The van der Waals surface area contributed by atoms with Gasteiger partial charge in [-0.15, -0.1) is 36.2 Å². The van der Waals surface area contributed by atoms with Gasteiger partial charge in [0.15, 0.2) is 5.13 Å². The van der Waals surface area contributed by atoms with Crippen LogP contribution in [0.15, 0.2) is 5.38 Å². The Kier molecular flexibility index (Phi) is 8.52. The van der Waals surface area contributed by atoms with Gasteiger partial charge < -0.3 is 10.6 Å². The van der Waals surface area contributed by atoms with Gasteiger partial charge in [0.2, 0.25) is 5.91 Å². The van der Waals surface area contributed by atoms with E-state index in [1.807, 2.05) is 5.38 Å². The molecule has 1 fully saturated rings. The first kappa shape index (κ1) is 18.6. The lowest BCUT2D eigenvalue weighted by molar-refractivity contribution is -0.114. The normalized spacial score (nSPS) is 17.7. The van der Waals surface area contributed by atoms with E-state index in [-0.39, 0.29) is 30.7 Å². The highest BCUT2D eigenvalue weighted by Crippen LogP contribution is 2.18. The van der Waals surface area contributed by atoms with Gasteiger partial charge in [0.05, 0.1) is 5.69 Å². The molecule has 110 valence electrons. The van der Waals surface area contributed by atoms with E-state index in [9.17, 15) is 4.79 Å². The number of carbonyl (C=O) groups excluding carboxylic acids is 1. The fraction of sp³-hybridized carbons (Fsp3) is 0.636. The second-order valence-electron chi connectivity index (χ2n) is 4.39. The summed E-state index contributed by atoms with van der Waals surface area (Å²) in [6.07, 6.45) is 1.19. The molecule has 1 aliphatic heterocycles. The second kappa shape index (κ2) is 8.71. The highest BCUT2D eigenvalue weighted by atomic mass is 35.5. The average molecular weight is 327 g/mol. The summed E-state index contributed by atoms with van der Waals surface area (Å²) in [5.74, 6) is -0.0701. The van der Waals surface area contributed by atoms with E-state index in [0.29, 0.717) is 11.2 Å². The van der Waals surface area contributed by atoms with Crippen molar-refractivity contribution in [3.8, 4) is 0 Å². The number of aromatic nitrogens is 1. The Balaban J connectivity index is 0.00000162. The maximum atomic E-state index is 10.9. The van der Waals surface area contributed by atoms with Gasteiger partial charge in [0.25, 0.3) is 0 Å². The number of amides is 1. The molecule has 2 rings (SSSR count). The molecule has 1 aromatic rings. The standard InChI is InChI=1S/C11H18N4OS.2ClH/c1-8(16)13-11-14-9(7-17-11)6-15(2)10-3-4-12-5-10;;/h7,10,12H,3-6H2,1-2H3,(H,13,14,16);2*1H. The number of carbonyl (C=O) groups is 1. The molecule has 1 aromatic heterocycles. The second-order valence-corrected chi connectivity index (χ2v) is 5.25. The lowest BCUT2D eigenvalue weighted by atomic mass is 10.2. The van der Waals surface area contributed by atoms with Gasteiger partial charge in [0, 0.05) is 31.4 Å². The van der Waals surface area contributed by atoms with Gasteiger partial charge in [-0.25, -0.2) is 4.98 Å². The summed E-state index contributed by atoms with van der Waals surface area (Å²) in [6, 6.07) is 0.598. The van der Waals surface area contributed by atoms with E-state index in [0.717, 1.165) is 25.3 Å². The topological polar surface area (TPSA) is 57.3 Å². The van der Waals surface area contributed by atoms with Gasteiger partial charge in [-0.3, -0.25) is 9.69 Å². The molecule has 1 amide bonds. The summed E-state index contributed by atoms with van der Waals surface area (Å²) in [4.78, 5) is 17.6. The molecule has 0 aromatic carbocycles. The predicted octanol–water partition coefficient (Wildman–Crippen LogP) is 1.74. The predicted molar refractivity (Wildman–Crippen MR) is 83.7 cm³/mol. The first-order chi connectivity index (χ1) is 8.15. The maximum absolute atomic E-state index is 10.9. The Morgan fingerprint density at radius 3 is 2.95 bits per heavy atom. The number of anilines is 1. The molecule has 0 bridgehead atoms. The number of hydrogen-bond donors (Lipinski definition) is 2. The lowest BCUT2D eigenvalue weighted by Gasteiger charge is -2.22. The summed E-state index contributed by atoms with van der Waals surface area (Å²) < 4.78 is 0. The zero-order chi connectivity index (χ0) is 12.3. The molecule has 2 heterocycles. The third-order valence-electron chi connectivity index (χ3n) is 2.90. The maximum Gasteiger partial charge on any atom is 0.223 e. The van der Waals surface area contributed by atoms with Crippen LogP contribution >= 0.6 is 36.2 Å². The Hall–Kier alpha value is -0.400. The third kappa shape index (κ3) is 5.62. The fourth-order valence-corrected chi connectivity index (χ4v) is 2.74. The van der Waals surface area contributed by atoms with Crippen LogP contribution in [0, 0.1) is 0 Å². The molecule has 1 saturated heterocycles. The number of nitrogens with zero attached hydrogens (tertiary/aromatic N) is 2. The molecule has 1 aliphatic rings. The van der Waals surface area contributed by atoms with E-state index in [2.05, 4.69) is 27.6 Å². The Labute approximate surface area is 130 Å². The van der Waals surface area contributed by atoms with Crippen molar-refractivity contribution < 1.29 is 4.79 Å². The summed E-state index contributed by atoms with van der Waals surface area (Å²) in [7, 11) is 2.12. The SMILES string of the molecule is CC(=O)Nc1nc(CN(C)C2CCNC2)cs1.Cl.Cl. The molecule has 8 heteroatoms. The lowest BCUT2D eigenvalue weighted by Crippen LogP contribution is -2.32. The van der Waals surface area contributed by atoms with Crippen LogP contribution in [0.5, 0.6) is 0 Å². The van der Waals surface area contributed by atoms with Gasteiger partial charge in [-0.2, -0.15) is 0 Å². The molecule has 1 atom stereocenters. The molecule has 19 heavy (non-hydrogen) atoms. The first-order valence-corrected chi connectivity index (χ1v) is 6.66. The summed E-state index contributed by atoms with van der Waals surface area (Å²) in [6.45, 7) is 4.49. The summed E-state index contributed by atoms with van der Waals surface area (Å²) in [5, 5.41) is 8.75. The van der Waals surface area contributed by atoms with Gasteiger partial charge in [0.1, 0.15) is 0 Å². The molecular weight excluding hydrogens is 307 g/mol. The minimum absolute atomic E-state index is 0. The monoisotopic (exact) mass is 326 g/mol. The van der Waals surface area contributed by atoms with Crippen molar-refractivity contribution in [1.82, 2.24) is 15.2 Å². The number of rotatable bonds is 4. The number of thiazole rings is 1. The molecule has 2 N–H and O–H groups in total. The van der Waals surface area contributed by atoms with E-state index >= 15 is 0 Å². The van der Waals surface area contributed by atoms with Crippen LogP contribution in [-0.2, 0) is 11.3 Å². The molecule has 0 saturated carbocycles. The Morgan fingerprint density at radius 2 is 2.37 bits per heavy atom. The molecular formula is C11H20Cl2N4OS. The van der Waals surface area contributed by atoms with Crippen molar-refractivity contribution >= 4 is 47.2 Å². The van der Waals surface area contributed by atoms with E-state index in [1.165, 1.54) is 24.7 Å². The quantitative estimate of drug-likeness (QED) is 0.884. The van der Waals surface area contributed by atoms with Crippen molar-refractivity contribution in [3.05, 3.63) is 11.1 Å². The molecule has 0 radical (unpaired) electrons. The van der Waals surface area contributed by atoms with Crippen LogP contribution in [0.1, 0.15) is 19.0 Å². The van der Waals surface area contributed by atoms with Gasteiger partial charge in [-0.05, 0) is 20.0 Å². The minimum atomic E-state index is -0.0701. The summed E-state index contributed by atoms with van der Waals surface area (Å²) in [5.41, 5.74) is 1.02. The first-order valence-electron chi connectivity index (χ1n) is 5.78. The third-order valence-corrected chi connectivity index (χ3v) is 3.71. The average Bonchev–Trinajstić information content (AvgIpc) is 2.87. The zero-order valence-corrected chi connectivity index (χ0v) is 13.5. The van der Waals surface area contributed by atoms with Crippen LogP contribution in [0.25, 0.3) is 0 Å². The van der Waals surface area contributed by atoms with E-state index in [4.69, 9.17) is 0 Å². The molecule has 5 nitrogen and oxygen atoms in total. The van der Waals surface area contributed by atoms with Gasteiger partial charge in [-0.1, -0.05) is 0 Å². The van der Waals surface area contributed by atoms with Crippen LogP contribution in [0.2, 0.25) is 0 Å². The van der Waals surface area contributed by atoms with Crippen LogP contribution in [0.4, 0.5) is 5.13 Å². The fourth-order valence-electron chi connectivity index (χ4n) is 1.99. The van der Waals surface area contributed by atoms with Crippen molar-refractivity contribution in [1.29, 1.82) is 0 Å². The van der Waals surface area contributed by atoms with Gasteiger partial charge >= 0.3 is 0 Å². The molecule has 0 aliphatic carbocycles. The Bertz CT molecular complexity index is 396. The Morgan fingerprint density at radius 1 is 1.63 bits per heavy atom. The highest BCUT2D eigenvalue weighted by molar-refractivity contribution is 7.13. The smallest absolute Gasteiger partial charge is 0.223 e. The minimum Gasteiger partial charge on any atom is -0.315 e. The number of halogens is 2. The van der Waals surface area contributed by atoms with Crippen molar-refractivity contribution in [3.63, 3.8) is 0 Å². The summed E-state index contributed by atoms with van der Waals surface area (Å²) >= 11 is 1.48. The number of nitrogens with one attached hydrogen (secondary N) is 2. The zero-order valence-electron chi connectivity index (χ0n) is 11.0. The van der Waals surface area contributed by atoms with Crippen LogP contribution < -0.4 is 10.6 Å². The van der Waals surface area contributed by atoms with Crippen molar-refractivity contribution in [2.45, 2.75) is 25.9 Å². The number of hydrogen-bond acceptors (Lipinski definition) is 5. The molecule has 1 unspecified atom stereocenters.